The van der Waals surface area contributed by atoms with E-state index in [4.69, 9.17) is 0 Å². The second kappa shape index (κ2) is 5.14. The van der Waals surface area contributed by atoms with Crippen molar-refractivity contribution in [1.82, 2.24) is 4.98 Å². The average molecular weight is 267 g/mol. The molecule has 0 unspecified atom stereocenters. The van der Waals surface area contributed by atoms with Gasteiger partial charge in [0.15, 0.2) is 0 Å². The van der Waals surface area contributed by atoms with Gasteiger partial charge in [-0.15, -0.1) is 0 Å². The van der Waals surface area contributed by atoms with E-state index in [2.05, 4.69) is 16.6 Å². The number of rotatable bonds is 5. The van der Waals surface area contributed by atoms with Gasteiger partial charge in [-0.3, -0.25) is 10.1 Å². The number of anilines is 1. The topological polar surface area (TPSA) is 68.1 Å². The zero-order valence-corrected chi connectivity index (χ0v) is 11.4. The Morgan fingerprint density at radius 2 is 2.33 bits per heavy atom. The zero-order valence-electron chi connectivity index (χ0n) is 10.6. The van der Waals surface area contributed by atoms with Crippen LogP contribution in [0.4, 0.5) is 11.5 Å². The van der Waals surface area contributed by atoms with Gasteiger partial charge in [0.05, 0.1) is 4.92 Å². The minimum Gasteiger partial charge on any atom is -0.368 e. The molecule has 0 radical (unpaired) electrons. The Labute approximate surface area is 111 Å². The standard InChI is InChI=1S/C12H17N3O2S/c1-9-6-10(15(16)17)7-13-11(9)14-8-12(18-2)4-3-5-12/h6-7H,3-5,8H2,1-2H3,(H,13,14). The molecule has 1 heterocycles. The van der Waals surface area contributed by atoms with Crippen LogP contribution in [0.5, 0.6) is 0 Å². The van der Waals surface area contributed by atoms with E-state index in [9.17, 15) is 10.1 Å². The molecule has 1 aromatic rings. The van der Waals surface area contributed by atoms with E-state index >= 15 is 0 Å². The third kappa shape index (κ3) is 2.58. The smallest absolute Gasteiger partial charge is 0.287 e. The molecule has 18 heavy (non-hydrogen) atoms. The van der Waals surface area contributed by atoms with Gasteiger partial charge in [0.1, 0.15) is 12.0 Å². The number of hydrogen-bond donors (Lipinski definition) is 1. The summed E-state index contributed by atoms with van der Waals surface area (Å²) in [5.41, 5.74) is 0.862. The Hall–Kier alpha value is -1.30. The molecule has 1 N–H and O–H groups in total. The van der Waals surface area contributed by atoms with E-state index in [0.717, 1.165) is 17.9 Å². The predicted octanol–water partition coefficient (Wildman–Crippen LogP) is 3.00. The maximum Gasteiger partial charge on any atom is 0.287 e. The SMILES string of the molecule is CSC1(CNc2ncc([N+](=O)[O-])cc2C)CCC1. The van der Waals surface area contributed by atoms with E-state index in [-0.39, 0.29) is 5.69 Å². The van der Waals surface area contributed by atoms with Crippen LogP contribution in [0.15, 0.2) is 12.3 Å². The molecule has 6 heteroatoms. The van der Waals surface area contributed by atoms with E-state index in [1.165, 1.54) is 25.5 Å². The summed E-state index contributed by atoms with van der Waals surface area (Å²) in [5, 5.41) is 13.9. The maximum atomic E-state index is 10.6. The Morgan fingerprint density at radius 3 is 2.78 bits per heavy atom. The summed E-state index contributed by atoms with van der Waals surface area (Å²) in [6.07, 6.45) is 7.19. The highest BCUT2D eigenvalue weighted by atomic mass is 32.2. The van der Waals surface area contributed by atoms with Gasteiger partial charge in [-0.05, 0) is 31.6 Å². The molecule has 1 aliphatic carbocycles. The van der Waals surface area contributed by atoms with E-state index in [1.54, 1.807) is 6.07 Å². The van der Waals surface area contributed by atoms with Crippen molar-refractivity contribution in [2.75, 3.05) is 18.1 Å². The molecule has 5 nitrogen and oxygen atoms in total. The Bertz CT molecular complexity index is 455. The maximum absolute atomic E-state index is 10.6. The molecule has 0 atom stereocenters. The summed E-state index contributed by atoms with van der Waals surface area (Å²) in [6.45, 7) is 2.72. The first kappa shape index (κ1) is 13.1. The number of hydrogen-bond acceptors (Lipinski definition) is 5. The molecule has 2 rings (SSSR count). The van der Waals surface area contributed by atoms with Gasteiger partial charge >= 0.3 is 0 Å². The molecule has 1 aliphatic rings. The summed E-state index contributed by atoms with van der Waals surface area (Å²) in [4.78, 5) is 14.3. The van der Waals surface area contributed by atoms with Crippen molar-refractivity contribution in [3.8, 4) is 0 Å². The molecule has 0 saturated heterocycles. The lowest BCUT2D eigenvalue weighted by molar-refractivity contribution is -0.385. The van der Waals surface area contributed by atoms with Crippen LogP contribution in [0, 0.1) is 17.0 Å². The molecule has 1 fully saturated rings. The van der Waals surface area contributed by atoms with Crippen LogP contribution in [0.25, 0.3) is 0 Å². The van der Waals surface area contributed by atoms with E-state index < -0.39 is 4.92 Å². The van der Waals surface area contributed by atoms with Crippen LogP contribution in [0.2, 0.25) is 0 Å². The first-order chi connectivity index (χ1) is 8.56. The molecule has 1 aromatic heterocycles. The second-order valence-electron chi connectivity index (χ2n) is 4.71. The van der Waals surface area contributed by atoms with Crippen molar-refractivity contribution in [2.24, 2.45) is 0 Å². The van der Waals surface area contributed by atoms with Gasteiger partial charge in [0.2, 0.25) is 0 Å². The van der Waals surface area contributed by atoms with E-state index in [1.807, 2.05) is 18.7 Å². The third-order valence-electron chi connectivity index (χ3n) is 3.55. The van der Waals surface area contributed by atoms with Gasteiger partial charge in [-0.25, -0.2) is 4.98 Å². The van der Waals surface area contributed by atoms with Crippen molar-refractivity contribution in [3.05, 3.63) is 27.9 Å². The average Bonchev–Trinajstić information content (AvgIpc) is 2.29. The fourth-order valence-electron chi connectivity index (χ4n) is 2.11. The number of nitrogens with one attached hydrogen (secondary N) is 1. The third-order valence-corrected chi connectivity index (χ3v) is 4.97. The highest BCUT2D eigenvalue weighted by Crippen LogP contribution is 2.42. The number of pyridine rings is 1. The lowest BCUT2D eigenvalue weighted by atomic mass is 9.84. The molecule has 0 aliphatic heterocycles. The monoisotopic (exact) mass is 267 g/mol. The lowest BCUT2D eigenvalue weighted by Crippen LogP contribution is -2.40. The molecular formula is C12H17N3O2S. The van der Waals surface area contributed by atoms with Gasteiger partial charge in [-0.1, -0.05) is 6.42 Å². The summed E-state index contributed by atoms with van der Waals surface area (Å²) in [7, 11) is 0. The minimum atomic E-state index is -0.418. The van der Waals surface area contributed by atoms with Crippen LogP contribution in [-0.4, -0.2) is 27.5 Å². The highest BCUT2D eigenvalue weighted by Gasteiger charge is 2.35. The number of aromatic nitrogens is 1. The number of thioether (sulfide) groups is 1. The molecule has 98 valence electrons. The predicted molar refractivity (Wildman–Crippen MR) is 74.2 cm³/mol. The first-order valence-corrected chi connectivity index (χ1v) is 7.19. The summed E-state index contributed by atoms with van der Waals surface area (Å²) in [6, 6.07) is 1.56. The summed E-state index contributed by atoms with van der Waals surface area (Å²) >= 11 is 1.89. The van der Waals surface area contributed by atoms with Crippen molar-refractivity contribution in [1.29, 1.82) is 0 Å². The van der Waals surface area contributed by atoms with Crippen molar-refractivity contribution in [3.63, 3.8) is 0 Å². The second-order valence-corrected chi connectivity index (χ2v) is 5.98. The van der Waals surface area contributed by atoms with E-state index in [0.29, 0.717) is 4.75 Å². The fourth-order valence-corrected chi connectivity index (χ4v) is 3.03. The number of nitrogens with zero attached hydrogens (tertiary/aromatic N) is 2. The summed E-state index contributed by atoms with van der Waals surface area (Å²) < 4.78 is 0.329. The van der Waals surface area contributed by atoms with Crippen molar-refractivity contribution in [2.45, 2.75) is 30.9 Å². The van der Waals surface area contributed by atoms with Crippen LogP contribution >= 0.6 is 11.8 Å². The van der Waals surface area contributed by atoms with Crippen LogP contribution in [-0.2, 0) is 0 Å². The van der Waals surface area contributed by atoms with Gasteiger partial charge in [0.25, 0.3) is 5.69 Å². The van der Waals surface area contributed by atoms with Gasteiger partial charge < -0.3 is 5.32 Å². The Balaban J connectivity index is 2.03. The normalized spacial score (nSPS) is 17.0. The van der Waals surface area contributed by atoms with Crippen LogP contribution in [0.3, 0.4) is 0 Å². The molecule has 0 amide bonds. The minimum absolute atomic E-state index is 0.0428. The van der Waals surface area contributed by atoms with Crippen molar-refractivity contribution < 1.29 is 4.92 Å². The lowest BCUT2D eigenvalue weighted by Gasteiger charge is -2.40. The quantitative estimate of drug-likeness (QED) is 0.656. The van der Waals surface area contributed by atoms with Crippen molar-refractivity contribution >= 4 is 23.3 Å². The molecule has 0 aromatic carbocycles. The van der Waals surface area contributed by atoms with Crippen LogP contribution in [0.1, 0.15) is 24.8 Å². The first-order valence-electron chi connectivity index (χ1n) is 5.96. The molecule has 0 spiro atoms. The number of aryl methyl sites for hydroxylation is 1. The Morgan fingerprint density at radius 1 is 1.61 bits per heavy atom. The largest absolute Gasteiger partial charge is 0.368 e. The fraction of sp³-hybridized carbons (Fsp3) is 0.583. The highest BCUT2D eigenvalue weighted by molar-refractivity contribution is 8.00. The van der Waals surface area contributed by atoms with Crippen LogP contribution < -0.4 is 5.32 Å². The van der Waals surface area contributed by atoms with Gasteiger partial charge in [0, 0.05) is 17.4 Å². The molecule has 1 saturated carbocycles. The Kier molecular flexibility index (Phi) is 3.75. The van der Waals surface area contributed by atoms with Gasteiger partial charge in [-0.2, -0.15) is 11.8 Å². The molecule has 0 bridgehead atoms. The number of nitro groups is 1. The zero-order chi connectivity index (χ0) is 13.2. The molecular weight excluding hydrogens is 250 g/mol. The summed E-state index contributed by atoms with van der Waals surface area (Å²) in [5.74, 6) is 0.751.